The fourth-order valence-corrected chi connectivity index (χ4v) is 1.55. The molecule has 2 heterocycles. The molecule has 1 aromatic rings. The SMILES string of the molecule is CN(C)C1CN(c2ncncc2N)C1. The lowest BCUT2D eigenvalue weighted by molar-refractivity contribution is 0.246. The van der Waals surface area contributed by atoms with E-state index in [4.69, 9.17) is 5.73 Å². The minimum absolute atomic E-state index is 0.615. The van der Waals surface area contributed by atoms with Crippen molar-refractivity contribution in [2.24, 2.45) is 0 Å². The van der Waals surface area contributed by atoms with E-state index in [1.54, 1.807) is 6.20 Å². The summed E-state index contributed by atoms with van der Waals surface area (Å²) in [5, 5.41) is 0. The minimum Gasteiger partial charge on any atom is -0.394 e. The lowest BCUT2D eigenvalue weighted by atomic mass is 10.1. The van der Waals surface area contributed by atoms with Crippen molar-refractivity contribution >= 4 is 11.5 Å². The predicted octanol–water partition coefficient (Wildman–Crippen LogP) is -0.191. The summed E-state index contributed by atoms with van der Waals surface area (Å²) in [6.45, 7) is 1.99. The average molecular weight is 193 g/mol. The molecule has 5 nitrogen and oxygen atoms in total. The van der Waals surface area contributed by atoms with E-state index in [2.05, 4.69) is 33.9 Å². The number of nitrogen functional groups attached to an aromatic ring is 1. The molecule has 1 aromatic heterocycles. The summed E-state index contributed by atoms with van der Waals surface area (Å²) in [7, 11) is 4.18. The Hall–Kier alpha value is -1.36. The van der Waals surface area contributed by atoms with E-state index in [0.29, 0.717) is 11.7 Å². The fourth-order valence-electron chi connectivity index (χ4n) is 1.55. The third-order valence-corrected chi connectivity index (χ3v) is 2.61. The van der Waals surface area contributed by atoms with Gasteiger partial charge in [-0.25, -0.2) is 9.97 Å². The third-order valence-electron chi connectivity index (χ3n) is 2.61. The molecule has 0 amide bonds. The van der Waals surface area contributed by atoms with Gasteiger partial charge in [0.2, 0.25) is 0 Å². The van der Waals surface area contributed by atoms with Crippen LogP contribution < -0.4 is 10.6 Å². The van der Waals surface area contributed by atoms with Crippen LogP contribution in [0.5, 0.6) is 0 Å². The van der Waals surface area contributed by atoms with Crippen molar-refractivity contribution in [3.63, 3.8) is 0 Å². The van der Waals surface area contributed by atoms with Gasteiger partial charge in [-0.3, -0.25) is 0 Å². The Bertz CT molecular complexity index is 319. The maximum absolute atomic E-state index is 5.77. The molecule has 1 fully saturated rings. The van der Waals surface area contributed by atoms with Crippen molar-refractivity contribution in [2.45, 2.75) is 6.04 Å². The molecule has 0 aliphatic carbocycles. The Morgan fingerprint density at radius 2 is 2.21 bits per heavy atom. The van der Waals surface area contributed by atoms with Gasteiger partial charge in [-0.05, 0) is 14.1 Å². The highest BCUT2D eigenvalue weighted by Gasteiger charge is 2.30. The molecule has 0 aromatic carbocycles. The van der Waals surface area contributed by atoms with Gasteiger partial charge in [0.25, 0.3) is 0 Å². The first kappa shape index (κ1) is 9.21. The number of nitrogens with zero attached hydrogens (tertiary/aromatic N) is 4. The quantitative estimate of drug-likeness (QED) is 0.705. The Morgan fingerprint density at radius 1 is 1.50 bits per heavy atom. The normalized spacial score (nSPS) is 17.2. The third kappa shape index (κ3) is 1.50. The van der Waals surface area contributed by atoms with Crippen molar-refractivity contribution in [2.75, 3.05) is 37.8 Å². The van der Waals surface area contributed by atoms with Crippen molar-refractivity contribution in [3.8, 4) is 0 Å². The highest BCUT2D eigenvalue weighted by atomic mass is 15.3. The van der Waals surface area contributed by atoms with Gasteiger partial charge in [-0.2, -0.15) is 0 Å². The van der Waals surface area contributed by atoms with E-state index in [1.807, 2.05) is 0 Å². The van der Waals surface area contributed by atoms with Gasteiger partial charge >= 0.3 is 0 Å². The second-order valence-corrected chi connectivity index (χ2v) is 3.82. The van der Waals surface area contributed by atoms with Crippen LogP contribution in [0.4, 0.5) is 11.5 Å². The second kappa shape index (κ2) is 3.42. The van der Waals surface area contributed by atoms with Crippen molar-refractivity contribution < 1.29 is 0 Å². The molecule has 1 aliphatic rings. The molecular weight excluding hydrogens is 178 g/mol. The largest absolute Gasteiger partial charge is 0.394 e. The van der Waals surface area contributed by atoms with Crippen molar-refractivity contribution in [1.29, 1.82) is 0 Å². The van der Waals surface area contributed by atoms with Crippen LogP contribution in [0.3, 0.4) is 0 Å². The molecule has 0 spiro atoms. The van der Waals surface area contributed by atoms with E-state index in [9.17, 15) is 0 Å². The summed E-state index contributed by atoms with van der Waals surface area (Å²) in [5.74, 6) is 0.859. The van der Waals surface area contributed by atoms with Crippen molar-refractivity contribution in [3.05, 3.63) is 12.5 Å². The Kier molecular flexibility index (Phi) is 2.25. The first-order valence-corrected chi connectivity index (χ1v) is 4.65. The summed E-state index contributed by atoms with van der Waals surface area (Å²) >= 11 is 0. The van der Waals surface area contributed by atoms with Gasteiger partial charge in [-0.15, -0.1) is 0 Å². The smallest absolute Gasteiger partial charge is 0.155 e. The standard InChI is InChI=1S/C9H15N5/c1-13(2)7-4-14(5-7)9-8(10)3-11-6-12-9/h3,6-7H,4-5,10H2,1-2H3. The first-order valence-electron chi connectivity index (χ1n) is 4.65. The summed E-state index contributed by atoms with van der Waals surface area (Å²) in [4.78, 5) is 12.4. The van der Waals surface area contributed by atoms with Gasteiger partial charge in [0.05, 0.1) is 11.9 Å². The second-order valence-electron chi connectivity index (χ2n) is 3.82. The zero-order valence-corrected chi connectivity index (χ0v) is 8.51. The molecule has 1 saturated heterocycles. The molecular formula is C9H15N5. The zero-order chi connectivity index (χ0) is 10.1. The number of likely N-dealkylation sites (N-methyl/N-ethyl adjacent to an activating group) is 1. The van der Waals surface area contributed by atoms with E-state index in [-0.39, 0.29) is 0 Å². The van der Waals surface area contributed by atoms with Gasteiger partial charge in [-0.1, -0.05) is 0 Å². The van der Waals surface area contributed by atoms with Crippen LogP contribution >= 0.6 is 0 Å². The summed E-state index contributed by atoms with van der Waals surface area (Å²) in [6.07, 6.45) is 3.18. The molecule has 0 atom stereocenters. The molecule has 0 saturated carbocycles. The minimum atomic E-state index is 0.615. The van der Waals surface area contributed by atoms with Gasteiger partial charge in [0.15, 0.2) is 5.82 Å². The Morgan fingerprint density at radius 3 is 2.79 bits per heavy atom. The predicted molar refractivity (Wildman–Crippen MR) is 56.1 cm³/mol. The zero-order valence-electron chi connectivity index (χ0n) is 8.51. The molecule has 0 bridgehead atoms. The van der Waals surface area contributed by atoms with Crippen LogP contribution in [0.15, 0.2) is 12.5 Å². The van der Waals surface area contributed by atoms with Crippen molar-refractivity contribution in [1.82, 2.24) is 14.9 Å². The van der Waals surface area contributed by atoms with Crippen LogP contribution in [-0.2, 0) is 0 Å². The fraction of sp³-hybridized carbons (Fsp3) is 0.556. The topological polar surface area (TPSA) is 58.3 Å². The molecule has 0 unspecified atom stereocenters. The highest BCUT2D eigenvalue weighted by Crippen LogP contribution is 2.24. The molecule has 0 radical (unpaired) electrons. The Balaban J connectivity index is 2.03. The lowest BCUT2D eigenvalue weighted by Crippen LogP contribution is -2.57. The number of rotatable bonds is 2. The number of aromatic nitrogens is 2. The van der Waals surface area contributed by atoms with E-state index < -0.39 is 0 Å². The molecule has 2 rings (SSSR count). The molecule has 14 heavy (non-hydrogen) atoms. The molecule has 1 aliphatic heterocycles. The van der Waals surface area contributed by atoms with Crippen LogP contribution in [0.1, 0.15) is 0 Å². The summed E-state index contributed by atoms with van der Waals surface area (Å²) in [6, 6.07) is 0.615. The molecule has 2 N–H and O–H groups in total. The van der Waals surface area contributed by atoms with Crippen LogP contribution in [0, 0.1) is 0 Å². The van der Waals surface area contributed by atoms with Crippen LogP contribution in [0.2, 0.25) is 0 Å². The monoisotopic (exact) mass is 193 g/mol. The van der Waals surface area contributed by atoms with E-state index in [1.165, 1.54) is 6.33 Å². The van der Waals surface area contributed by atoms with Gasteiger partial charge in [0.1, 0.15) is 6.33 Å². The van der Waals surface area contributed by atoms with Crippen LogP contribution in [-0.4, -0.2) is 48.1 Å². The number of anilines is 2. The summed E-state index contributed by atoms with van der Waals surface area (Å²) in [5.41, 5.74) is 6.43. The number of hydrogen-bond donors (Lipinski definition) is 1. The lowest BCUT2D eigenvalue weighted by Gasteiger charge is -2.43. The van der Waals surface area contributed by atoms with Crippen LogP contribution in [0.25, 0.3) is 0 Å². The summed E-state index contributed by atoms with van der Waals surface area (Å²) < 4.78 is 0. The maximum atomic E-state index is 5.77. The molecule has 76 valence electrons. The van der Waals surface area contributed by atoms with E-state index >= 15 is 0 Å². The van der Waals surface area contributed by atoms with E-state index in [0.717, 1.165) is 18.9 Å². The van der Waals surface area contributed by atoms with Gasteiger partial charge in [0, 0.05) is 19.1 Å². The number of nitrogens with two attached hydrogens (primary N) is 1. The number of hydrogen-bond acceptors (Lipinski definition) is 5. The Labute approximate surface area is 83.5 Å². The highest BCUT2D eigenvalue weighted by molar-refractivity contribution is 5.62. The van der Waals surface area contributed by atoms with Gasteiger partial charge < -0.3 is 15.5 Å². The first-order chi connectivity index (χ1) is 6.68. The maximum Gasteiger partial charge on any atom is 0.155 e. The average Bonchev–Trinajstić information content (AvgIpc) is 2.05. The molecule has 5 heteroatoms.